The third-order valence-corrected chi connectivity index (χ3v) is 1.87. The molecule has 0 bridgehead atoms. The SMILES string of the molecule is CCOCCCOCCCOCC(=O)NC.[HH]. The molecule has 0 heterocycles. The molecule has 1 N–H and O–H groups in total. The number of rotatable bonds is 11. The molecule has 5 nitrogen and oxygen atoms in total. The Balaban J connectivity index is 0. The Morgan fingerprint density at radius 2 is 1.62 bits per heavy atom. The number of carbonyl (C=O) groups is 1. The van der Waals surface area contributed by atoms with Gasteiger partial charge in [-0.05, 0) is 19.8 Å². The van der Waals surface area contributed by atoms with E-state index in [9.17, 15) is 4.79 Å². The molecule has 0 aromatic carbocycles. The molecule has 16 heavy (non-hydrogen) atoms. The van der Waals surface area contributed by atoms with Crippen molar-refractivity contribution in [2.45, 2.75) is 19.8 Å². The van der Waals surface area contributed by atoms with E-state index in [0.29, 0.717) is 13.2 Å². The highest BCUT2D eigenvalue weighted by molar-refractivity contribution is 5.76. The molecule has 0 radical (unpaired) electrons. The Kier molecular flexibility index (Phi) is 11.9. The van der Waals surface area contributed by atoms with Gasteiger partial charge in [0.25, 0.3) is 0 Å². The van der Waals surface area contributed by atoms with Gasteiger partial charge in [0.1, 0.15) is 6.61 Å². The van der Waals surface area contributed by atoms with Crippen molar-refractivity contribution in [3.63, 3.8) is 0 Å². The largest absolute Gasteiger partial charge is 0.382 e. The van der Waals surface area contributed by atoms with Gasteiger partial charge < -0.3 is 19.5 Å². The lowest BCUT2D eigenvalue weighted by molar-refractivity contribution is -0.125. The van der Waals surface area contributed by atoms with Crippen LogP contribution >= 0.6 is 0 Å². The topological polar surface area (TPSA) is 56.8 Å². The zero-order valence-corrected chi connectivity index (χ0v) is 10.3. The van der Waals surface area contributed by atoms with Crippen molar-refractivity contribution in [3.05, 3.63) is 0 Å². The van der Waals surface area contributed by atoms with Gasteiger partial charge in [0.2, 0.25) is 5.91 Å². The zero-order chi connectivity index (χ0) is 12.1. The van der Waals surface area contributed by atoms with Gasteiger partial charge in [-0.1, -0.05) is 0 Å². The number of hydrogen-bond donors (Lipinski definition) is 1. The van der Waals surface area contributed by atoms with Crippen LogP contribution in [0.25, 0.3) is 0 Å². The molecule has 0 aliphatic rings. The number of carbonyl (C=O) groups excluding carboxylic acids is 1. The fourth-order valence-electron chi connectivity index (χ4n) is 1.01. The monoisotopic (exact) mass is 235 g/mol. The van der Waals surface area contributed by atoms with Crippen molar-refractivity contribution in [3.8, 4) is 0 Å². The summed E-state index contributed by atoms with van der Waals surface area (Å²) in [5.74, 6) is -0.0994. The van der Waals surface area contributed by atoms with Crippen LogP contribution in [0.3, 0.4) is 0 Å². The van der Waals surface area contributed by atoms with Crippen LogP contribution in [0.5, 0.6) is 0 Å². The average molecular weight is 235 g/mol. The highest BCUT2D eigenvalue weighted by Crippen LogP contribution is 1.89. The Bertz CT molecular complexity index is 170. The molecule has 0 aromatic rings. The Labute approximate surface area is 98.9 Å². The summed E-state index contributed by atoms with van der Waals surface area (Å²) in [7, 11) is 1.59. The maximum atomic E-state index is 10.8. The third kappa shape index (κ3) is 11.4. The van der Waals surface area contributed by atoms with Gasteiger partial charge in [-0.2, -0.15) is 0 Å². The highest BCUT2D eigenvalue weighted by atomic mass is 16.5. The fourth-order valence-corrected chi connectivity index (χ4v) is 1.01. The molecule has 0 fully saturated rings. The summed E-state index contributed by atoms with van der Waals surface area (Å²) >= 11 is 0. The fraction of sp³-hybridized carbons (Fsp3) is 0.909. The molecule has 0 aliphatic carbocycles. The van der Waals surface area contributed by atoms with E-state index in [-0.39, 0.29) is 13.9 Å². The van der Waals surface area contributed by atoms with Crippen molar-refractivity contribution in [1.82, 2.24) is 5.32 Å². The van der Waals surface area contributed by atoms with Crippen LogP contribution in [-0.2, 0) is 19.0 Å². The lowest BCUT2D eigenvalue weighted by Crippen LogP contribution is -2.23. The lowest BCUT2D eigenvalue weighted by atomic mass is 10.4. The van der Waals surface area contributed by atoms with E-state index in [1.807, 2.05) is 6.92 Å². The molecule has 0 rings (SSSR count). The quantitative estimate of drug-likeness (QED) is 0.539. The summed E-state index contributed by atoms with van der Waals surface area (Å²) in [6.45, 7) is 5.55. The van der Waals surface area contributed by atoms with Gasteiger partial charge in [-0.15, -0.1) is 0 Å². The van der Waals surface area contributed by atoms with E-state index >= 15 is 0 Å². The number of amides is 1. The van der Waals surface area contributed by atoms with Gasteiger partial charge in [-0.25, -0.2) is 0 Å². The maximum Gasteiger partial charge on any atom is 0.245 e. The van der Waals surface area contributed by atoms with E-state index in [1.54, 1.807) is 7.05 Å². The van der Waals surface area contributed by atoms with Gasteiger partial charge in [0.15, 0.2) is 0 Å². The molecule has 0 saturated heterocycles. The molecule has 0 unspecified atom stereocenters. The van der Waals surface area contributed by atoms with Crippen molar-refractivity contribution in [2.75, 3.05) is 46.7 Å². The maximum absolute atomic E-state index is 10.8. The molecular weight excluding hydrogens is 210 g/mol. The van der Waals surface area contributed by atoms with Crippen LogP contribution in [0.4, 0.5) is 0 Å². The summed E-state index contributed by atoms with van der Waals surface area (Å²) in [6.07, 6.45) is 1.73. The second-order valence-electron chi connectivity index (χ2n) is 3.24. The normalized spacial score (nSPS) is 10.4. The van der Waals surface area contributed by atoms with Crippen LogP contribution in [0.15, 0.2) is 0 Å². The summed E-state index contributed by atoms with van der Waals surface area (Å²) in [4.78, 5) is 10.8. The minimum absolute atomic E-state index is 0. The number of hydrogen-bond acceptors (Lipinski definition) is 4. The molecule has 0 saturated carbocycles. The van der Waals surface area contributed by atoms with Crippen LogP contribution in [0, 0.1) is 0 Å². The summed E-state index contributed by atoms with van der Waals surface area (Å²) < 4.78 is 15.6. The Morgan fingerprint density at radius 1 is 1.06 bits per heavy atom. The second-order valence-corrected chi connectivity index (χ2v) is 3.24. The van der Waals surface area contributed by atoms with Crippen LogP contribution in [0.2, 0.25) is 0 Å². The first-order valence-electron chi connectivity index (χ1n) is 5.75. The van der Waals surface area contributed by atoms with Gasteiger partial charge in [0.05, 0.1) is 0 Å². The summed E-state index contributed by atoms with van der Waals surface area (Å²) in [6, 6.07) is 0. The Hall–Kier alpha value is -0.650. The van der Waals surface area contributed by atoms with Crippen molar-refractivity contribution in [2.24, 2.45) is 0 Å². The minimum atomic E-state index is -0.0994. The van der Waals surface area contributed by atoms with E-state index < -0.39 is 0 Å². The summed E-state index contributed by atoms with van der Waals surface area (Å²) in [5.41, 5.74) is 0. The van der Waals surface area contributed by atoms with Crippen LogP contribution < -0.4 is 5.32 Å². The van der Waals surface area contributed by atoms with E-state index in [2.05, 4.69) is 5.32 Å². The minimum Gasteiger partial charge on any atom is -0.382 e. The van der Waals surface area contributed by atoms with E-state index in [0.717, 1.165) is 32.7 Å². The van der Waals surface area contributed by atoms with Crippen molar-refractivity contribution >= 4 is 5.91 Å². The first kappa shape index (κ1) is 15.3. The predicted molar refractivity (Wildman–Crippen MR) is 63.5 cm³/mol. The number of ether oxygens (including phenoxy) is 3. The molecule has 98 valence electrons. The standard InChI is InChI=1S/C11H23NO4.H2/c1-3-14-6-4-7-15-8-5-9-16-10-11(13)12-2;/h3-10H2,1-2H3,(H,12,13);1H. The summed E-state index contributed by atoms with van der Waals surface area (Å²) in [5, 5.41) is 2.49. The molecule has 1 amide bonds. The van der Waals surface area contributed by atoms with Gasteiger partial charge in [-0.3, -0.25) is 4.79 Å². The molecule has 0 atom stereocenters. The van der Waals surface area contributed by atoms with Crippen molar-refractivity contribution < 1.29 is 20.4 Å². The Morgan fingerprint density at radius 3 is 2.19 bits per heavy atom. The predicted octanol–water partition coefficient (Wildman–Crippen LogP) is 0.828. The zero-order valence-electron chi connectivity index (χ0n) is 10.3. The van der Waals surface area contributed by atoms with E-state index in [1.165, 1.54) is 0 Å². The molecule has 5 heteroatoms. The third-order valence-electron chi connectivity index (χ3n) is 1.87. The first-order chi connectivity index (χ1) is 7.81. The average Bonchev–Trinajstić information content (AvgIpc) is 2.31. The number of nitrogens with one attached hydrogen (secondary N) is 1. The van der Waals surface area contributed by atoms with Gasteiger partial charge >= 0.3 is 0 Å². The van der Waals surface area contributed by atoms with Crippen LogP contribution in [0.1, 0.15) is 21.2 Å². The van der Waals surface area contributed by atoms with Crippen molar-refractivity contribution in [1.29, 1.82) is 0 Å². The first-order valence-corrected chi connectivity index (χ1v) is 5.75. The second kappa shape index (κ2) is 12.4. The molecule has 0 aromatic heterocycles. The highest BCUT2D eigenvalue weighted by Gasteiger charge is 1.96. The van der Waals surface area contributed by atoms with Gasteiger partial charge in [0, 0.05) is 41.5 Å². The lowest BCUT2D eigenvalue weighted by Gasteiger charge is -2.05. The number of likely N-dealkylation sites (N-methyl/N-ethyl adjacent to an activating group) is 1. The smallest absolute Gasteiger partial charge is 0.245 e. The molecular formula is C11H25NO4. The molecule has 0 aliphatic heterocycles. The molecule has 0 spiro atoms. The van der Waals surface area contributed by atoms with Crippen LogP contribution in [-0.4, -0.2) is 52.6 Å². The van der Waals surface area contributed by atoms with E-state index in [4.69, 9.17) is 14.2 Å².